The Morgan fingerprint density at radius 2 is 2.07 bits per heavy atom. The zero-order valence-corrected chi connectivity index (χ0v) is 7.78. The van der Waals surface area contributed by atoms with Crippen LogP contribution in [0.4, 0.5) is 13.2 Å². The van der Waals surface area contributed by atoms with Crippen molar-refractivity contribution in [2.75, 3.05) is 20.1 Å². The van der Waals surface area contributed by atoms with E-state index in [4.69, 9.17) is 6.42 Å². The molecule has 80 valence electrons. The number of aliphatic imine (C=N–C) groups is 1. The quantitative estimate of drug-likeness (QED) is 0.407. The summed E-state index contributed by atoms with van der Waals surface area (Å²) >= 11 is 0. The number of nitrogens with one attached hydrogen (secondary N) is 2. The maximum Gasteiger partial charge on any atom is 0.390 e. The molecule has 0 fully saturated rings. The van der Waals surface area contributed by atoms with E-state index in [1.807, 2.05) is 0 Å². The molecule has 0 aromatic carbocycles. The van der Waals surface area contributed by atoms with Crippen LogP contribution in [-0.2, 0) is 0 Å². The third-order valence-electron chi connectivity index (χ3n) is 1.28. The maximum atomic E-state index is 11.7. The molecule has 0 heterocycles. The Labute approximate surface area is 80.8 Å². The van der Waals surface area contributed by atoms with Crippen LogP contribution in [-0.4, -0.2) is 32.3 Å². The Balaban J connectivity index is 3.71. The Hall–Kier alpha value is -1.38. The molecular weight excluding hydrogens is 195 g/mol. The zero-order valence-electron chi connectivity index (χ0n) is 7.78. The third kappa shape index (κ3) is 7.28. The van der Waals surface area contributed by atoms with E-state index in [1.165, 1.54) is 7.05 Å². The second kappa shape index (κ2) is 6.13. The Morgan fingerprint density at radius 1 is 1.43 bits per heavy atom. The van der Waals surface area contributed by atoms with Crippen molar-refractivity contribution in [3.63, 3.8) is 0 Å². The Kier molecular flexibility index (Phi) is 5.53. The van der Waals surface area contributed by atoms with Crippen LogP contribution in [0.1, 0.15) is 6.42 Å². The lowest BCUT2D eigenvalue weighted by Crippen LogP contribution is -2.38. The monoisotopic (exact) mass is 207 g/mol. The fourth-order valence-corrected chi connectivity index (χ4v) is 0.678. The summed E-state index contributed by atoms with van der Waals surface area (Å²) < 4.78 is 35.2. The summed E-state index contributed by atoms with van der Waals surface area (Å²) in [5.74, 6) is 2.56. The second-order valence-electron chi connectivity index (χ2n) is 2.42. The molecular formula is C8H12F3N3. The molecule has 0 spiro atoms. The van der Waals surface area contributed by atoms with Crippen LogP contribution in [0.3, 0.4) is 0 Å². The molecule has 0 rings (SSSR count). The van der Waals surface area contributed by atoms with Gasteiger partial charge in [-0.05, 0) is 0 Å². The summed E-state index contributed by atoms with van der Waals surface area (Å²) in [6.07, 6.45) is -0.0997. The molecule has 0 radical (unpaired) electrons. The van der Waals surface area contributed by atoms with Gasteiger partial charge in [0.1, 0.15) is 0 Å². The first kappa shape index (κ1) is 12.6. The van der Waals surface area contributed by atoms with Crippen molar-refractivity contribution in [1.29, 1.82) is 0 Å². The van der Waals surface area contributed by atoms with Crippen molar-refractivity contribution in [2.24, 2.45) is 4.99 Å². The van der Waals surface area contributed by atoms with Crippen molar-refractivity contribution < 1.29 is 13.2 Å². The first-order chi connectivity index (χ1) is 6.49. The standard InChI is InChI=1S/C8H12F3N3/c1-3-5-13-7(12-2)14-6-4-8(9,10)11/h1H,4-6H2,2H3,(H2,12,13,14). The molecule has 0 saturated carbocycles. The highest BCUT2D eigenvalue weighted by atomic mass is 19.4. The highest BCUT2D eigenvalue weighted by molar-refractivity contribution is 5.79. The van der Waals surface area contributed by atoms with Gasteiger partial charge in [-0.25, -0.2) is 0 Å². The van der Waals surface area contributed by atoms with E-state index < -0.39 is 12.6 Å². The third-order valence-corrected chi connectivity index (χ3v) is 1.28. The summed E-state index contributed by atoms with van der Waals surface area (Å²) in [7, 11) is 1.46. The first-order valence-corrected chi connectivity index (χ1v) is 3.94. The van der Waals surface area contributed by atoms with Crippen molar-refractivity contribution >= 4 is 5.96 Å². The van der Waals surface area contributed by atoms with Gasteiger partial charge >= 0.3 is 6.18 Å². The van der Waals surface area contributed by atoms with Gasteiger partial charge in [-0.2, -0.15) is 13.2 Å². The van der Waals surface area contributed by atoms with E-state index in [2.05, 4.69) is 21.5 Å². The predicted octanol–water partition coefficient (Wildman–Crippen LogP) is 0.737. The number of nitrogens with zero attached hydrogens (tertiary/aromatic N) is 1. The zero-order chi connectivity index (χ0) is 11.0. The van der Waals surface area contributed by atoms with Gasteiger partial charge in [0, 0.05) is 13.6 Å². The topological polar surface area (TPSA) is 36.4 Å². The first-order valence-electron chi connectivity index (χ1n) is 3.94. The normalized spacial score (nSPS) is 12.1. The van der Waals surface area contributed by atoms with Gasteiger partial charge in [0.05, 0.1) is 13.0 Å². The molecule has 2 N–H and O–H groups in total. The summed E-state index contributed by atoms with van der Waals surface area (Å²) in [5.41, 5.74) is 0. The van der Waals surface area contributed by atoms with Crippen LogP contribution >= 0.6 is 0 Å². The van der Waals surface area contributed by atoms with E-state index in [9.17, 15) is 13.2 Å². The average molecular weight is 207 g/mol. The minimum Gasteiger partial charge on any atom is -0.356 e. The van der Waals surface area contributed by atoms with Gasteiger partial charge in [0.25, 0.3) is 0 Å². The number of hydrogen-bond acceptors (Lipinski definition) is 1. The van der Waals surface area contributed by atoms with Gasteiger partial charge in [-0.3, -0.25) is 4.99 Å². The number of halogens is 3. The highest BCUT2D eigenvalue weighted by Crippen LogP contribution is 2.17. The van der Waals surface area contributed by atoms with Gasteiger partial charge in [-0.15, -0.1) is 6.42 Å². The lowest BCUT2D eigenvalue weighted by molar-refractivity contribution is -0.132. The lowest BCUT2D eigenvalue weighted by Gasteiger charge is -2.10. The van der Waals surface area contributed by atoms with Crippen molar-refractivity contribution in [3.8, 4) is 12.3 Å². The lowest BCUT2D eigenvalue weighted by atomic mass is 10.4. The smallest absolute Gasteiger partial charge is 0.356 e. The molecule has 0 aliphatic carbocycles. The van der Waals surface area contributed by atoms with Gasteiger partial charge in [0.2, 0.25) is 0 Å². The van der Waals surface area contributed by atoms with Crippen molar-refractivity contribution in [3.05, 3.63) is 0 Å². The van der Waals surface area contributed by atoms with Gasteiger partial charge in [-0.1, -0.05) is 5.92 Å². The predicted molar refractivity (Wildman–Crippen MR) is 48.9 cm³/mol. The molecule has 0 bridgehead atoms. The number of rotatable bonds is 3. The van der Waals surface area contributed by atoms with Crippen molar-refractivity contribution in [1.82, 2.24) is 10.6 Å². The highest BCUT2D eigenvalue weighted by Gasteiger charge is 2.26. The van der Waals surface area contributed by atoms with E-state index in [-0.39, 0.29) is 19.0 Å². The van der Waals surface area contributed by atoms with E-state index in [1.54, 1.807) is 0 Å². The fraction of sp³-hybridized carbons (Fsp3) is 0.625. The van der Waals surface area contributed by atoms with E-state index >= 15 is 0 Å². The summed E-state index contributed by atoms with van der Waals surface area (Å²) in [5, 5.41) is 5.12. The molecule has 0 aromatic heterocycles. The maximum absolute atomic E-state index is 11.7. The molecule has 0 atom stereocenters. The van der Waals surface area contributed by atoms with E-state index in [0.717, 1.165) is 0 Å². The molecule has 14 heavy (non-hydrogen) atoms. The van der Waals surface area contributed by atoms with Gasteiger partial charge < -0.3 is 10.6 Å². The second-order valence-corrected chi connectivity index (χ2v) is 2.42. The van der Waals surface area contributed by atoms with Crippen LogP contribution in [0.25, 0.3) is 0 Å². The fourth-order valence-electron chi connectivity index (χ4n) is 0.678. The molecule has 0 amide bonds. The molecule has 0 saturated heterocycles. The molecule has 0 aliphatic rings. The minimum absolute atomic E-state index is 0.215. The number of terminal acetylenes is 1. The van der Waals surface area contributed by atoms with Crippen LogP contribution in [0.5, 0.6) is 0 Å². The van der Waals surface area contributed by atoms with Crippen LogP contribution in [0.15, 0.2) is 4.99 Å². The van der Waals surface area contributed by atoms with Crippen LogP contribution in [0.2, 0.25) is 0 Å². The molecule has 6 heteroatoms. The van der Waals surface area contributed by atoms with Gasteiger partial charge in [0.15, 0.2) is 5.96 Å². The largest absolute Gasteiger partial charge is 0.390 e. The summed E-state index contributed by atoms with van der Waals surface area (Å²) in [6.45, 7) is 0.0133. The van der Waals surface area contributed by atoms with Crippen LogP contribution in [0, 0.1) is 12.3 Å². The van der Waals surface area contributed by atoms with Crippen LogP contribution < -0.4 is 10.6 Å². The number of guanidine groups is 1. The van der Waals surface area contributed by atoms with E-state index in [0.29, 0.717) is 0 Å². The SMILES string of the molecule is C#CCNC(=NC)NCCC(F)(F)F. The molecule has 0 aliphatic heterocycles. The Morgan fingerprint density at radius 3 is 2.50 bits per heavy atom. The average Bonchev–Trinajstić information content (AvgIpc) is 2.09. The van der Waals surface area contributed by atoms with Crippen molar-refractivity contribution in [2.45, 2.75) is 12.6 Å². The minimum atomic E-state index is -4.15. The molecule has 3 nitrogen and oxygen atoms in total. The summed E-state index contributed by atoms with van der Waals surface area (Å²) in [4.78, 5) is 3.68. The number of hydrogen-bond donors (Lipinski definition) is 2. The molecule has 0 aromatic rings. The molecule has 0 unspecified atom stereocenters. The number of alkyl halides is 3. The Bertz CT molecular complexity index is 227. The summed E-state index contributed by atoms with van der Waals surface area (Å²) in [6, 6.07) is 0.